The van der Waals surface area contributed by atoms with Crippen LogP contribution in [-0.4, -0.2) is 59.2 Å². The van der Waals surface area contributed by atoms with Gasteiger partial charge in [-0.2, -0.15) is 5.10 Å². The van der Waals surface area contributed by atoms with Crippen LogP contribution in [0, 0.1) is 0 Å². The zero-order valence-corrected chi connectivity index (χ0v) is 19.5. The van der Waals surface area contributed by atoms with Crippen molar-refractivity contribution in [3.8, 4) is 17.0 Å². The lowest BCUT2D eigenvalue weighted by Gasteiger charge is -2.13. The number of H-pyrrole nitrogens is 1. The molecule has 0 unspecified atom stereocenters. The van der Waals surface area contributed by atoms with E-state index in [1.54, 1.807) is 17.9 Å². The molecule has 0 aliphatic carbocycles. The number of fused-ring (bicyclic) bond motifs is 1. The molecular weight excluding hydrogens is 454 g/mol. The molecule has 1 aliphatic rings. The molecule has 1 saturated heterocycles. The number of nitrogens with zero attached hydrogens (tertiary/aromatic N) is 3. The molecule has 3 heterocycles. The Morgan fingerprint density at radius 3 is 2.71 bits per heavy atom. The zero-order chi connectivity index (χ0) is 23.7. The minimum absolute atomic E-state index is 0.0188. The lowest BCUT2D eigenvalue weighted by atomic mass is 10.1. The summed E-state index contributed by atoms with van der Waals surface area (Å²) in [5.74, 6) is 1.33. The number of sulfone groups is 1. The number of aromatic amines is 1. The van der Waals surface area contributed by atoms with E-state index in [2.05, 4.69) is 20.4 Å². The van der Waals surface area contributed by atoms with Gasteiger partial charge in [0.2, 0.25) is 0 Å². The third-order valence-electron chi connectivity index (χ3n) is 5.99. The van der Waals surface area contributed by atoms with Gasteiger partial charge in [-0.15, -0.1) is 0 Å². The largest absolute Gasteiger partial charge is 0.497 e. The van der Waals surface area contributed by atoms with E-state index in [-0.39, 0.29) is 29.1 Å². The summed E-state index contributed by atoms with van der Waals surface area (Å²) in [6, 6.07) is 16.6. The molecule has 5 rings (SSSR count). The highest BCUT2D eigenvalue weighted by atomic mass is 32.2. The quantitative estimate of drug-likeness (QED) is 0.421. The maximum absolute atomic E-state index is 12.9. The number of carbonyl (C=O) groups excluding carboxylic acids is 1. The highest BCUT2D eigenvalue weighted by molar-refractivity contribution is 7.91. The number of hydrogen-bond acceptors (Lipinski definition) is 6. The summed E-state index contributed by atoms with van der Waals surface area (Å²) in [4.78, 5) is 20.7. The topological polar surface area (TPSA) is 119 Å². The summed E-state index contributed by atoms with van der Waals surface area (Å²) in [6.45, 7) is 0.390. The Hall–Kier alpha value is -3.66. The molecule has 0 radical (unpaired) electrons. The third-order valence-corrected chi connectivity index (χ3v) is 7.74. The van der Waals surface area contributed by atoms with Crippen LogP contribution in [0.3, 0.4) is 0 Å². The van der Waals surface area contributed by atoms with Gasteiger partial charge in [-0.3, -0.25) is 9.48 Å². The summed E-state index contributed by atoms with van der Waals surface area (Å²) in [5, 5.41) is 7.42. The van der Waals surface area contributed by atoms with Crippen molar-refractivity contribution >= 4 is 26.8 Å². The van der Waals surface area contributed by atoms with Crippen molar-refractivity contribution in [2.75, 3.05) is 25.2 Å². The molecule has 9 nitrogen and oxygen atoms in total. The first-order valence-electron chi connectivity index (χ1n) is 11.1. The molecular formula is C24H25N5O4S. The highest BCUT2D eigenvalue weighted by Crippen LogP contribution is 2.31. The summed E-state index contributed by atoms with van der Waals surface area (Å²) < 4.78 is 31.1. The summed E-state index contributed by atoms with van der Waals surface area (Å²) in [7, 11) is -1.52. The van der Waals surface area contributed by atoms with Gasteiger partial charge in [0.25, 0.3) is 5.91 Å². The van der Waals surface area contributed by atoms with Crippen LogP contribution in [0.4, 0.5) is 0 Å². The van der Waals surface area contributed by atoms with E-state index in [0.29, 0.717) is 30.8 Å². The van der Waals surface area contributed by atoms with E-state index in [4.69, 9.17) is 4.74 Å². The van der Waals surface area contributed by atoms with Gasteiger partial charge in [-0.1, -0.05) is 12.1 Å². The highest BCUT2D eigenvalue weighted by Gasteiger charge is 2.32. The van der Waals surface area contributed by atoms with Gasteiger partial charge in [0.15, 0.2) is 15.5 Å². The minimum atomic E-state index is -3.11. The maximum Gasteiger partial charge on any atom is 0.271 e. The number of nitrogens with one attached hydrogen (secondary N) is 2. The average Bonchev–Trinajstić information content (AvgIpc) is 3.55. The number of rotatable bonds is 7. The Kier molecular flexibility index (Phi) is 5.82. The van der Waals surface area contributed by atoms with Gasteiger partial charge in [0, 0.05) is 18.5 Å². The lowest BCUT2D eigenvalue weighted by molar-refractivity contribution is 0.0948. The first kappa shape index (κ1) is 22.1. The normalized spacial score (nSPS) is 17.1. The van der Waals surface area contributed by atoms with E-state index in [1.165, 1.54) is 0 Å². The summed E-state index contributed by atoms with van der Waals surface area (Å²) in [5.41, 5.74) is 3.63. The first-order valence-corrected chi connectivity index (χ1v) is 12.9. The second-order valence-corrected chi connectivity index (χ2v) is 10.6. The van der Waals surface area contributed by atoms with Gasteiger partial charge >= 0.3 is 0 Å². The number of carbonyl (C=O) groups is 1. The number of aromatic nitrogens is 4. The van der Waals surface area contributed by atoms with Crippen LogP contribution in [0.15, 0.2) is 54.6 Å². The number of imidazole rings is 1. The number of hydrogen-bond donors (Lipinski definition) is 2. The number of amides is 1. The molecule has 34 heavy (non-hydrogen) atoms. The van der Waals surface area contributed by atoms with Crippen LogP contribution in [0.1, 0.15) is 28.8 Å². The fourth-order valence-corrected chi connectivity index (χ4v) is 5.93. The van der Waals surface area contributed by atoms with Crippen molar-refractivity contribution in [2.45, 2.75) is 18.9 Å². The maximum atomic E-state index is 12.9. The molecule has 0 saturated carbocycles. The SMILES string of the molecule is COc1ccc(-c2cc(C(=O)NCCc3nc4ccccc4[nH]3)nn2[C@@H]2CCS(=O)(=O)C2)cc1. The Balaban J connectivity index is 1.35. The van der Waals surface area contributed by atoms with E-state index in [1.807, 2.05) is 48.5 Å². The molecule has 0 bridgehead atoms. The fraction of sp³-hybridized carbons (Fsp3) is 0.292. The van der Waals surface area contributed by atoms with Gasteiger partial charge in [-0.05, 0) is 48.9 Å². The van der Waals surface area contributed by atoms with Gasteiger partial charge < -0.3 is 15.0 Å². The number of methoxy groups -OCH3 is 1. The van der Waals surface area contributed by atoms with Crippen molar-refractivity contribution < 1.29 is 17.9 Å². The van der Waals surface area contributed by atoms with Crippen molar-refractivity contribution in [3.05, 3.63) is 66.1 Å². The molecule has 4 aromatic rings. The van der Waals surface area contributed by atoms with Crippen LogP contribution < -0.4 is 10.1 Å². The van der Waals surface area contributed by atoms with E-state index in [0.717, 1.165) is 22.4 Å². The molecule has 176 valence electrons. The number of para-hydroxylation sites is 2. The number of benzene rings is 2. The molecule has 1 amide bonds. The second kappa shape index (κ2) is 8.94. The Morgan fingerprint density at radius 1 is 1.21 bits per heavy atom. The van der Waals surface area contributed by atoms with E-state index < -0.39 is 9.84 Å². The predicted molar refractivity (Wildman–Crippen MR) is 129 cm³/mol. The molecule has 2 N–H and O–H groups in total. The summed E-state index contributed by atoms with van der Waals surface area (Å²) in [6.07, 6.45) is 1.02. The monoisotopic (exact) mass is 479 g/mol. The molecule has 2 aromatic carbocycles. The van der Waals surface area contributed by atoms with Crippen LogP contribution in [-0.2, 0) is 16.3 Å². The van der Waals surface area contributed by atoms with Crippen LogP contribution in [0.5, 0.6) is 5.75 Å². The van der Waals surface area contributed by atoms with Crippen molar-refractivity contribution in [1.82, 2.24) is 25.1 Å². The molecule has 10 heteroatoms. The lowest BCUT2D eigenvalue weighted by Crippen LogP contribution is -2.26. The standard InChI is InChI=1S/C24H25N5O4S/c1-33-18-8-6-16(7-9-18)22-14-21(28-29(22)17-11-13-34(31,32)15-17)24(30)25-12-10-23-26-19-4-2-3-5-20(19)27-23/h2-9,14,17H,10-13,15H2,1H3,(H,25,30)(H,26,27)/t17-/m1/s1. The molecule has 1 fully saturated rings. The van der Waals surface area contributed by atoms with Crippen LogP contribution >= 0.6 is 0 Å². The third kappa shape index (κ3) is 4.54. The number of ether oxygens (including phenoxy) is 1. The van der Waals surface area contributed by atoms with Crippen LogP contribution in [0.2, 0.25) is 0 Å². The van der Waals surface area contributed by atoms with Crippen molar-refractivity contribution in [3.63, 3.8) is 0 Å². The van der Waals surface area contributed by atoms with Crippen molar-refractivity contribution in [2.24, 2.45) is 0 Å². The predicted octanol–water partition coefficient (Wildman–Crippen LogP) is 2.77. The van der Waals surface area contributed by atoms with E-state index in [9.17, 15) is 13.2 Å². The Labute approximate surface area is 197 Å². The zero-order valence-electron chi connectivity index (χ0n) is 18.7. The second-order valence-electron chi connectivity index (χ2n) is 8.35. The smallest absolute Gasteiger partial charge is 0.271 e. The Bertz CT molecular complexity index is 1410. The van der Waals surface area contributed by atoms with Gasteiger partial charge in [0.05, 0.1) is 41.4 Å². The minimum Gasteiger partial charge on any atom is -0.497 e. The molecule has 1 atom stereocenters. The van der Waals surface area contributed by atoms with Crippen LogP contribution in [0.25, 0.3) is 22.3 Å². The Morgan fingerprint density at radius 2 is 2.00 bits per heavy atom. The molecule has 2 aromatic heterocycles. The molecule has 1 aliphatic heterocycles. The van der Waals surface area contributed by atoms with Gasteiger partial charge in [-0.25, -0.2) is 13.4 Å². The van der Waals surface area contributed by atoms with Gasteiger partial charge in [0.1, 0.15) is 11.6 Å². The van der Waals surface area contributed by atoms with Crippen molar-refractivity contribution in [1.29, 1.82) is 0 Å². The fourth-order valence-electron chi connectivity index (χ4n) is 4.24. The molecule has 0 spiro atoms. The van der Waals surface area contributed by atoms with E-state index >= 15 is 0 Å². The first-order chi connectivity index (χ1) is 16.4. The summed E-state index contributed by atoms with van der Waals surface area (Å²) >= 11 is 0. The average molecular weight is 480 g/mol.